The van der Waals surface area contributed by atoms with Crippen molar-refractivity contribution in [3.8, 4) is 0 Å². The fourth-order valence-electron chi connectivity index (χ4n) is 2.32. The monoisotopic (exact) mass is 259 g/mol. The Morgan fingerprint density at radius 3 is 3.00 bits per heavy atom. The van der Waals surface area contributed by atoms with Crippen LogP contribution < -0.4 is 0 Å². The lowest BCUT2D eigenvalue weighted by molar-refractivity contribution is -0.0408. The lowest BCUT2D eigenvalue weighted by atomic mass is 9.87. The third kappa shape index (κ3) is 5.69. The highest BCUT2D eigenvalue weighted by molar-refractivity contribution is 7.09. The maximum absolute atomic E-state index is 8.31. The SMILES string of the molecule is CCC(CN=[N+]=[N-])OC1CCCC(COP)C1. The molecule has 0 heterocycles. The Kier molecular flexibility index (Phi) is 7.54. The van der Waals surface area contributed by atoms with E-state index in [9.17, 15) is 0 Å². The summed E-state index contributed by atoms with van der Waals surface area (Å²) in [6, 6.07) is 0. The molecule has 0 amide bonds. The smallest absolute Gasteiger partial charge is 0.0632 e. The first-order valence-corrected chi connectivity index (χ1v) is 6.75. The van der Waals surface area contributed by atoms with Crippen LogP contribution in [0.25, 0.3) is 10.4 Å². The molecule has 0 aromatic rings. The third-order valence-electron chi connectivity index (χ3n) is 3.26. The highest BCUT2D eigenvalue weighted by atomic mass is 31.0. The van der Waals surface area contributed by atoms with E-state index in [2.05, 4.69) is 26.4 Å². The van der Waals surface area contributed by atoms with E-state index in [1.165, 1.54) is 12.8 Å². The van der Waals surface area contributed by atoms with Crippen LogP contribution in [0.5, 0.6) is 0 Å². The first-order valence-electron chi connectivity index (χ1n) is 6.28. The van der Waals surface area contributed by atoms with Crippen molar-refractivity contribution >= 4 is 9.47 Å². The summed E-state index contributed by atoms with van der Waals surface area (Å²) in [4.78, 5) is 2.78. The van der Waals surface area contributed by atoms with Gasteiger partial charge in [-0.2, -0.15) is 0 Å². The van der Waals surface area contributed by atoms with Gasteiger partial charge in [0.25, 0.3) is 0 Å². The van der Waals surface area contributed by atoms with E-state index in [0.29, 0.717) is 18.6 Å². The molecular weight excluding hydrogens is 237 g/mol. The Bertz CT molecular complexity index is 257. The van der Waals surface area contributed by atoms with Crippen molar-refractivity contribution < 1.29 is 9.26 Å². The van der Waals surface area contributed by atoms with E-state index in [0.717, 1.165) is 25.9 Å². The molecule has 0 bridgehead atoms. The van der Waals surface area contributed by atoms with Crippen LogP contribution >= 0.6 is 9.47 Å². The van der Waals surface area contributed by atoms with Crippen LogP contribution in [0.15, 0.2) is 5.11 Å². The van der Waals surface area contributed by atoms with Crippen LogP contribution in [-0.4, -0.2) is 25.4 Å². The van der Waals surface area contributed by atoms with Crippen LogP contribution in [-0.2, 0) is 9.26 Å². The molecule has 6 heteroatoms. The van der Waals surface area contributed by atoms with Crippen molar-refractivity contribution in [1.29, 1.82) is 0 Å². The van der Waals surface area contributed by atoms with Gasteiger partial charge < -0.3 is 9.26 Å². The normalized spacial score (nSPS) is 26.2. The largest absolute Gasteiger partial charge is 0.375 e. The fraction of sp³-hybridized carbons (Fsp3) is 1.00. The van der Waals surface area contributed by atoms with Crippen LogP contribution in [0.1, 0.15) is 39.0 Å². The molecule has 1 saturated carbocycles. The topological polar surface area (TPSA) is 67.2 Å². The van der Waals surface area contributed by atoms with E-state index in [-0.39, 0.29) is 6.10 Å². The molecule has 0 N–H and O–H groups in total. The molecule has 1 aliphatic rings. The van der Waals surface area contributed by atoms with Crippen molar-refractivity contribution in [3.63, 3.8) is 0 Å². The minimum Gasteiger partial charge on any atom is -0.375 e. The van der Waals surface area contributed by atoms with Crippen LogP contribution in [0.3, 0.4) is 0 Å². The molecule has 0 aromatic heterocycles. The average Bonchev–Trinajstić information content (AvgIpc) is 2.35. The first kappa shape index (κ1) is 14.7. The molecule has 0 aliphatic heterocycles. The summed E-state index contributed by atoms with van der Waals surface area (Å²) in [5.74, 6) is 0.600. The molecule has 17 heavy (non-hydrogen) atoms. The Labute approximate surface area is 105 Å². The molecule has 0 saturated heterocycles. The molecule has 0 spiro atoms. The minimum absolute atomic E-state index is 0.0616. The van der Waals surface area contributed by atoms with Crippen molar-refractivity contribution in [2.45, 2.75) is 51.2 Å². The second kappa shape index (κ2) is 8.71. The van der Waals surface area contributed by atoms with Gasteiger partial charge in [-0.25, -0.2) is 0 Å². The van der Waals surface area contributed by atoms with Gasteiger partial charge in [-0.15, -0.1) is 0 Å². The summed E-state index contributed by atoms with van der Waals surface area (Å²) in [6.45, 7) is 3.29. The zero-order chi connectivity index (χ0) is 12.5. The van der Waals surface area contributed by atoms with E-state index in [4.69, 9.17) is 14.8 Å². The van der Waals surface area contributed by atoms with Gasteiger partial charge in [0.2, 0.25) is 0 Å². The number of azide groups is 1. The molecule has 0 radical (unpaired) electrons. The van der Waals surface area contributed by atoms with Gasteiger partial charge in [0.15, 0.2) is 0 Å². The number of hydrogen-bond acceptors (Lipinski definition) is 3. The van der Waals surface area contributed by atoms with E-state index in [1.807, 2.05) is 0 Å². The van der Waals surface area contributed by atoms with Gasteiger partial charge >= 0.3 is 0 Å². The van der Waals surface area contributed by atoms with E-state index in [1.54, 1.807) is 0 Å². The molecule has 98 valence electrons. The Hall–Kier alpha value is -0.340. The van der Waals surface area contributed by atoms with Gasteiger partial charge in [-0.1, -0.05) is 18.5 Å². The minimum atomic E-state index is 0.0616. The molecule has 4 atom stereocenters. The summed E-state index contributed by atoms with van der Waals surface area (Å²) in [7, 11) is 2.31. The maximum Gasteiger partial charge on any atom is 0.0632 e. The summed E-state index contributed by atoms with van der Waals surface area (Å²) < 4.78 is 11.1. The molecule has 1 fully saturated rings. The lowest BCUT2D eigenvalue weighted by Gasteiger charge is -2.31. The number of rotatable bonds is 7. The maximum atomic E-state index is 8.31. The summed E-state index contributed by atoms with van der Waals surface area (Å²) in [6.07, 6.45) is 5.84. The average molecular weight is 259 g/mol. The van der Waals surface area contributed by atoms with Crippen LogP contribution in [0.2, 0.25) is 0 Å². The standard InChI is InChI=1S/C11H22N3O2P/c1-2-10(7-13-14-12)16-11-5-3-4-9(6-11)8-15-17/h9-11H,2-8,17H2,1H3. The molecule has 1 rings (SSSR count). The molecule has 4 unspecified atom stereocenters. The van der Waals surface area contributed by atoms with E-state index >= 15 is 0 Å². The van der Waals surface area contributed by atoms with Crippen molar-refractivity contribution in [2.24, 2.45) is 11.0 Å². The Morgan fingerprint density at radius 2 is 2.35 bits per heavy atom. The second-order valence-corrected chi connectivity index (χ2v) is 4.90. The van der Waals surface area contributed by atoms with Gasteiger partial charge in [0, 0.05) is 14.4 Å². The molecular formula is C11H22N3O2P. The Balaban J connectivity index is 2.35. The molecule has 1 aliphatic carbocycles. The van der Waals surface area contributed by atoms with Gasteiger partial charge in [0.05, 0.1) is 25.4 Å². The number of hydrogen-bond donors (Lipinski definition) is 0. The zero-order valence-corrected chi connectivity index (χ0v) is 11.6. The highest BCUT2D eigenvalue weighted by Crippen LogP contribution is 2.28. The second-order valence-electron chi connectivity index (χ2n) is 4.57. The molecule has 5 nitrogen and oxygen atoms in total. The summed E-state index contributed by atoms with van der Waals surface area (Å²) >= 11 is 0. The van der Waals surface area contributed by atoms with Crippen molar-refractivity contribution in [1.82, 2.24) is 0 Å². The van der Waals surface area contributed by atoms with Gasteiger partial charge in [0.1, 0.15) is 0 Å². The summed E-state index contributed by atoms with van der Waals surface area (Å²) in [5.41, 5.74) is 8.31. The van der Waals surface area contributed by atoms with E-state index < -0.39 is 0 Å². The fourth-order valence-corrected chi connectivity index (χ4v) is 2.59. The summed E-state index contributed by atoms with van der Waals surface area (Å²) in [5, 5.41) is 3.59. The van der Waals surface area contributed by atoms with Gasteiger partial charge in [-0.05, 0) is 37.1 Å². The first-order chi connectivity index (χ1) is 8.30. The predicted molar refractivity (Wildman–Crippen MR) is 70.6 cm³/mol. The van der Waals surface area contributed by atoms with Crippen molar-refractivity contribution in [2.75, 3.05) is 13.2 Å². The predicted octanol–water partition coefficient (Wildman–Crippen LogP) is 3.46. The van der Waals surface area contributed by atoms with Crippen molar-refractivity contribution in [3.05, 3.63) is 10.4 Å². The quantitative estimate of drug-likeness (QED) is 0.304. The Morgan fingerprint density at radius 1 is 1.53 bits per heavy atom. The highest BCUT2D eigenvalue weighted by Gasteiger charge is 2.24. The molecule has 0 aromatic carbocycles. The van der Waals surface area contributed by atoms with Crippen LogP contribution in [0.4, 0.5) is 0 Å². The van der Waals surface area contributed by atoms with Crippen LogP contribution in [0, 0.1) is 5.92 Å². The third-order valence-corrected chi connectivity index (χ3v) is 3.45. The van der Waals surface area contributed by atoms with Gasteiger partial charge in [-0.3, -0.25) is 0 Å². The lowest BCUT2D eigenvalue weighted by Crippen LogP contribution is -2.30. The number of ether oxygens (including phenoxy) is 1. The zero-order valence-electron chi connectivity index (χ0n) is 10.4. The number of nitrogens with zero attached hydrogens (tertiary/aromatic N) is 3.